The Balaban J connectivity index is 1.61. The van der Waals surface area contributed by atoms with Gasteiger partial charge in [-0.3, -0.25) is 4.98 Å². The summed E-state index contributed by atoms with van der Waals surface area (Å²) in [6.45, 7) is 12.7. The molecule has 0 bridgehead atoms. The maximum Gasteiger partial charge on any atom is 0.497 e. The van der Waals surface area contributed by atoms with E-state index in [9.17, 15) is 5.26 Å². The molecule has 1 aromatic heterocycles. The molecule has 0 atom stereocenters. The summed E-state index contributed by atoms with van der Waals surface area (Å²) in [7, 11) is -0.472. The average molecular weight is 422 g/mol. The maximum atomic E-state index is 9.37. The van der Waals surface area contributed by atoms with E-state index in [1.807, 2.05) is 30.5 Å². The van der Waals surface area contributed by atoms with Crippen LogP contribution in [0.1, 0.15) is 58.2 Å². The van der Waals surface area contributed by atoms with Crippen molar-refractivity contribution >= 4 is 12.6 Å². The molecule has 0 spiro atoms. The van der Waals surface area contributed by atoms with E-state index >= 15 is 0 Å². The Morgan fingerprint density at radius 1 is 0.844 bits per heavy atom. The highest BCUT2D eigenvalue weighted by Gasteiger charge is 2.52. The number of aromatic nitrogens is 1. The number of hydrogen-bond acceptors (Lipinski definition) is 4. The summed E-state index contributed by atoms with van der Waals surface area (Å²) >= 11 is 0. The van der Waals surface area contributed by atoms with Crippen LogP contribution in [0.15, 0.2) is 54.7 Å². The van der Waals surface area contributed by atoms with Gasteiger partial charge in [0.15, 0.2) is 0 Å². The van der Waals surface area contributed by atoms with Crippen molar-refractivity contribution in [2.45, 2.75) is 58.2 Å². The van der Waals surface area contributed by atoms with Gasteiger partial charge in [0, 0.05) is 22.6 Å². The second-order valence-electron chi connectivity index (χ2n) is 10.3. The van der Waals surface area contributed by atoms with Crippen molar-refractivity contribution in [1.82, 2.24) is 4.98 Å². The van der Waals surface area contributed by atoms with Gasteiger partial charge in [0.25, 0.3) is 0 Å². The topological polar surface area (TPSA) is 55.1 Å². The summed E-state index contributed by atoms with van der Waals surface area (Å²) in [5.74, 6) is 0. The van der Waals surface area contributed by atoms with E-state index < -0.39 is 18.3 Å². The zero-order chi connectivity index (χ0) is 22.9. The molecule has 0 saturated carbocycles. The molecule has 5 heteroatoms. The molecule has 2 heterocycles. The minimum Gasteiger partial charge on any atom is -0.399 e. The highest BCUT2D eigenvalue weighted by atomic mass is 16.7. The number of rotatable bonds is 2. The molecule has 1 aliphatic heterocycles. The van der Waals surface area contributed by atoms with E-state index in [1.54, 1.807) is 0 Å². The van der Waals surface area contributed by atoms with E-state index in [-0.39, 0.29) is 5.41 Å². The van der Waals surface area contributed by atoms with Crippen LogP contribution in [0.4, 0.5) is 0 Å². The van der Waals surface area contributed by atoms with Gasteiger partial charge in [-0.05, 0) is 74.2 Å². The fourth-order valence-electron chi connectivity index (χ4n) is 4.77. The third-order valence-electron chi connectivity index (χ3n) is 7.42. The number of nitrogens with zero attached hydrogens (tertiary/aromatic N) is 2. The van der Waals surface area contributed by atoms with Crippen molar-refractivity contribution in [3.05, 3.63) is 71.4 Å². The van der Waals surface area contributed by atoms with E-state index in [2.05, 4.69) is 71.9 Å². The molecule has 1 fully saturated rings. The van der Waals surface area contributed by atoms with Crippen LogP contribution in [0.25, 0.3) is 22.4 Å². The zero-order valence-electron chi connectivity index (χ0n) is 19.5. The Labute approximate surface area is 190 Å². The van der Waals surface area contributed by atoms with Crippen LogP contribution in [0.5, 0.6) is 0 Å². The summed E-state index contributed by atoms with van der Waals surface area (Å²) < 4.78 is 12.7. The maximum absolute atomic E-state index is 9.37. The average Bonchev–Trinajstić information content (AvgIpc) is 3.12. The molecule has 2 aromatic carbocycles. The Bertz CT molecular complexity index is 1270. The lowest BCUT2D eigenvalue weighted by Crippen LogP contribution is -2.41. The fourth-order valence-corrected chi connectivity index (χ4v) is 4.77. The molecule has 0 unspecified atom stereocenters. The molecular weight excluding hydrogens is 395 g/mol. The molecule has 3 aromatic rings. The normalized spacial score (nSPS) is 19.3. The minimum absolute atomic E-state index is 0.202. The number of pyridine rings is 1. The van der Waals surface area contributed by atoms with Gasteiger partial charge in [-0.25, -0.2) is 0 Å². The van der Waals surface area contributed by atoms with E-state index in [0.29, 0.717) is 5.56 Å². The lowest BCUT2D eigenvalue weighted by molar-refractivity contribution is 0.00578. The monoisotopic (exact) mass is 422 g/mol. The SMILES string of the molecule is CC1(C)c2cc(C#N)ccc2-c2ccc(-c3ncccc3B3OC(C)(C)C(C)(C)O3)cc21. The number of hydrogen-bond donors (Lipinski definition) is 0. The molecule has 160 valence electrons. The van der Waals surface area contributed by atoms with Gasteiger partial charge in [0.2, 0.25) is 0 Å². The minimum atomic E-state index is -0.472. The summed E-state index contributed by atoms with van der Waals surface area (Å²) in [6, 6.07) is 18.8. The predicted molar refractivity (Wildman–Crippen MR) is 128 cm³/mol. The Hall–Kier alpha value is -2.94. The lowest BCUT2D eigenvalue weighted by Gasteiger charge is -2.32. The Morgan fingerprint density at radius 2 is 1.47 bits per heavy atom. The third-order valence-corrected chi connectivity index (χ3v) is 7.42. The molecule has 1 aliphatic carbocycles. The fraction of sp³-hybridized carbons (Fsp3) is 0.333. The van der Waals surface area contributed by atoms with Gasteiger partial charge in [-0.2, -0.15) is 5.26 Å². The van der Waals surface area contributed by atoms with Crippen LogP contribution in [-0.2, 0) is 14.7 Å². The van der Waals surface area contributed by atoms with Gasteiger partial charge in [-0.15, -0.1) is 0 Å². The third kappa shape index (κ3) is 2.94. The largest absolute Gasteiger partial charge is 0.497 e. The summed E-state index contributed by atoms with van der Waals surface area (Å²) in [5, 5.41) is 9.37. The molecular formula is C27H27BN2O2. The first-order valence-electron chi connectivity index (χ1n) is 11.1. The van der Waals surface area contributed by atoms with E-state index in [4.69, 9.17) is 14.3 Å². The van der Waals surface area contributed by atoms with E-state index in [0.717, 1.165) is 16.7 Å². The zero-order valence-corrected chi connectivity index (χ0v) is 19.5. The molecule has 4 nitrogen and oxygen atoms in total. The second kappa shape index (κ2) is 6.78. The lowest BCUT2D eigenvalue weighted by atomic mass is 9.75. The molecule has 0 amide bonds. The first kappa shape index (κ1) is 20.9. The van der Waals surface area contributed by atoms with Gasteiger partial charge in [0.1, 0.15) is 0 Å². The molecule has 5 rings (SSSR count). The predicted octanol–water partition coefficient (Wildman–Crippen LogP) is 5.23. The van der Waals surface area contributed by atoms with Crippen LogP contribution in [-0.4, -0.2) is 23.3 Å². The molecule has 0 N–H and O–H groups in total. The summed E-state index contributed by atoms with van der Waals surface area (Å²) in [6.07, 6.45) is 1.82. The Morgan fingerprint density at radius 3 is 2.12 bits per heavy atom. The van der Waals surface area contributed by atoms with Gasteiger partial charge < -0.3 is 9.31 Å². The summed E-state index contributed by atoms with van der Waals surface area (Å²) in [4.78, 5) is 4.74. The number of fused-ring (bicyclic) bond motifs is 3. The first-order chi connectivity index (χ1) is 15.0. The van der Waals surface area contributed by atoms with Gasteiger partial charge >= 0.3 is 7.12 Å². The van der Waals surface area contributed by atoms with Crippen LogP contribution < -0.4 is 5.46 Å². The van der Waals surface area contributed by atoms with Crippen molar-refractivity contribution in [3.63, 3.8) is 0 Å². The van der Waals surface area contributed by atoms with Crippen molar-refractivity contribution in [2.75, 3.05) is 0 Å². The molecule has 1 saturated heterocycles. The highest BCUT2D eigenvalue weighted by Crippen LogP contribution is 2.49. The van der Waals surface area contributed by atoms with E-state index in [1.165, 1.54) is 22.3 Å². The van der Waals surface area contributed by atoms with Gasteiger partial charge in [-0.1, -0.05) is 38.1 Å². The van der Waals surface area contributed by atoms with Gasteiger partial charge in [0.05, 0.1) is 28.5 Å². The van der Waals surface area contributed by atoms with Crippen molar-refractivity contribution in [1.29, 1.82) is 5.26 Å². The highest BCUT2D eigenvalue weighted by molar-refractivity contribution is 6.63. The summed E-state index contributed by atoms with van der Waals surface area (Å²) in [5.41, 5.74) is 7.36. The van der Waals surface area contributed by atoms with Crippen LogP contribution >= 0.6 is 0 Å². The quantitative estimate of drug-likeness (QED) is 0.531. The smallest absolute Gasteiger partial charge is 0.399 e. The Kier molecular flexibility index (Phi) is 4.44. The molecule has 32 heavy (non-hydrogen) atoms. The standard InChI is InChI=1S/C27H27BN2O2/c1-25(2)21-14-17(16-29)9-11-19(21)20-12-10-18(15-22(20)25)24-23(8-7-13-30-24)28-31-26(3,4)27(5,6)32-28/h7-15H,1-6H3. The van der Waals surface area contributed by atoms with Crippen LogP contribution in [0.3, 0.4) is 0 Å². The van der Waals surface area contributed by atoms with Crippen LogP contribution in [0.2, 0.25) is 0 Å². The van der Waals surface area contributed by atoms with Crippen molar-refractivity contribution < 1.29 is 9.31 Å². The number of benzene rings is 2. The van der Waals surface area contributed by atoms with Crippen LogP contribution in [0, 0.1) is 11.3 Å². The molecule has 0 radical (unpaired) electrons. The first-order valence-corrected chi connectivity index (χ1v) is 11.1. The number of nitriles is 1. The molecule has 2 aliphatic rings. The second-order valence-corrected chi connectivity index (χ2v) is 10.3. The van der Waals surface area contributed by atoms with Crippen molar-refractivity contribution in [3.8, 4) is 28.5 Å². The van der Waals surface area contributed by atoms with Crippen molar-refractivity contribution in [2.24, 2.45) is 0 Å².